The Kier molecular flexibility index (Phi) is 9.51. The first-order valence-corrected chi connectivity index (χ1v) is 12.2. The zero-order valence-electron chi connectivity index (χ0n) is 18.7. The summed E-state index contributed by atoms with van der Waals surface area (Å²) in [6.07, 6.45) is 0.420. The van der Waals surface area contributed by atoms with Gasteiger partial charge in [0.1, 0.15) is 11.9 Å². The maximum atomic E-state index is 14.0. The van der Waals surface area contributed by atoms with Gasteiger partial charge in [0.25, 0.3) is 0 Å². The van der Waals surface area contributed by atoms with E-state index >= 15 is 0 Å². The van der Waals surface area contributed by atoms with Crippen LogP contribution in [0.4, 0.5) is 4.39 Å². The molecule has 1 atom stereocenters. The van der Waals surface area contributed by atoms with Gasteiger partial charge in [-0.1, -0.05) is 78.9 Å². The first-order valence-electron chi connectivity index (χ1n) is 11.0. The highest BCUT2D eigenvalue weighted by molar-refractivity contribution is 7.99. The van der Waals surface area contributed by atoms with Crippen molar-refractivity contribution in [2.75, 3.05) is 12.3 Å². The van der Waals surface area contributed by atoms with E-state index < -0.39 is 6.04 Å². The zero-order chi connectivity index (χ0) is 23.5. The first-order chi connectivity index (χ1) is 16.1. The Morgan fingerprint density at radius 1 is 0.909 bits per heavy atom. The molecule has 1 N–H and O–H groups in total. The summed E-state index contributed by atoms with van der Waals surface area (Å²) in [4.78, 5) is 28.1. The molecule has 0 saturated heterocycles. The van der Waals surface area contributed by atoms with Gasteiger partial charge in [0, 0.05) is 25.3 Å². The molecular weight excluding hydrogens is 435 g/mol. The van der Waals surface area contributed by atoms with Gasteiger partial charge in [0.15, 0.2) is 0 Å². The molecule has 0 aliphatic rings. The van der Waals surface area contributed by atoms with Gasteiger partial charge in [-0.05, 0) is 29.7 Å². The highest BCUT2D eigenvalue weighted by atomic mass is 32.2. The van der Waals surface area contributed by atoms with Crippen molar-refractivity contribution >= 4 is 23.6 Å². The summed E-state index contributed by atoms with van der Waals surface area (Å²) in [6.45, 7) is 2.68. The summed E-state index contributed by atoms with van der Waals surface area (Å²) in [7, 11) is 0. The number of halogens is 1. The molecule has 2 amide bonds. The second kappa shape index (κ2) is 12.8. The van der Waals surface area contributed by atoms with E-state index in [-0.39, 0.29) is 23.4 Å². The SMILES string of the molecule is CCNC(=O)C(Cc1ccccc1)N(Cc1ccccc1)C(=O)CSCc1ccccc1F. The highest BCUT2D eigenvalue weighted by Crippen LogP contribution is 2.19. The molecule has 3 aromatic carbocycles. The van der Waals surface area contributed by atoms with Crippen LogP contribution in [-0.2, 0) is 28.3 Å². The predicted molar refractivity (Wildman–Crippen MR) is 132 cm³/mol. The molecule has 0 saturated carbocycles. The van der Waals surface area contributed by atoms with Crippen LogP contribution in [0, 0.1) is 5.82 Å². The number of thioether (sulfide) groups is 1. The van der Waals surface area contributed by atoms with Gasteiger partial charge >= 0.3 is 0 Å². The van der Waals surface area contributed by atoms with Crippen molar-refractivity contribution < 1.29 is 14.0 Å². The minimum absolute atomic E-state index is 0.146. The van der Waals surface area contributed by atoms with E-state index in [1.54, 1.807) is 23.1 Å². The van der Waals surface area contributed by atoms with E-state index in [1.165, 1.54) is 17.8 Å². The molecule has 0 aliphatic heterocycles. The van der Waals surface area contributed by atoms with Gasteiger partial charge in [-0.2, -0.15) is 0 Å². The summed E-state index contributed by atoms with van der Waals surface area (Å²) in [5.74, 6) is -0.0477. The standard InChI is InChI=1S/C27H29FN2O2S/c1-2-29-27(32)25(17-21-11-5-3-6-12-21)30(18-22-13-7-4-8-14-22)26(31)20-33-19-23-15-9-10-16-24(23)28/h3-16,25H,2,17-20H2,1H3,(H,29,32). The first kappa shape index (κ1) is 24.5. The monoisotopic (exact) mass is 464 g/mol. The fourth-order valence-corrected chi connectivity index (χ4v) is 4.47. The number of nitrogens with one attached hydrogen (secondary N) is 1. The summed E-state index contributed by atoms with van der Waals surface area (Å²) < 4.78 is 14.0. The molecule has 172 valence electrons. The van der Waals surface area contributed by atoms with Crippen molar-refractivity contribution in [3.05, 3.63) is 107 Å². The van der Waals surface area contributed by atoms with E-state index in [4.69, 9.17) is 0 Å². The van der Waals surface area contributed by atoms with Crippen LogP contribution in [0.15, 0.2) is 84.9 Å². The Bertz CT molecular complexity index is 1030. The van der Waals surface area contributed by atoms with Crippen LogP contribution >= 0.6 is 11.8 Å². The normalized spacial score (nSPS) is 11.6. The number of hydrogen-bond acceptors (Lipinski definition) is 3. The molecule has 0 spiro atoms. The summed E-state index contributed by atoms with van der Waals surface area (Å²) in [5, 5.41) is 2.89. The quantitative estimate of drug-likeness (QED) is 0.442. The molecule has 0 heterocycles. The van der Waals surface area contributed by atoms with Crippen LogP contribution in [0.25, 0.3) is 0 Å². The summed E-state index contributed by atoms with van der Waals surface area (Å²) in [5.41, 5.74) is 2.50. The Labute approximate surface area is 199 Å². The molecule has 1 unspecified atom stereocenters. The molecule has 0 fully saturated rings. The topological polar surface area (TPSA) is 49.4 Å². The Morgan fingerprint density at radius 2 is 1.52 bits per heavy atom. The molecule has 3 rings (SSSR count). The van der Waals surface area contributed by atoms with Crippen LogP contribution in [0.5, 0.6) is 0 Å². The molecule has 0 radical (unpaired) electrons. The lowest BCUT2D eigenvalue weighted by molar-refractivity contribution is -0.139. The highest BCUT2D eigenvalue weighted by Gasteiger charge is 2.30. The van der Waals surface area contributed by atoms with Crippen LogP contribution in [0.3, 0.4) is 0 Å². The number of nitrogens with zero attached hydrogens (tertiary/aromatic N) is 1. The largest absolute Gasteiger partial charge is 0.355 e. The fraction of sp³-hybridized carbons (Fsp3) is 0.259. The minimum Gasteiger partial charge on any atom is -0.355 e. The smallest absolute Gasteiger partial charge is 0.243 e. The second-order valence-corrected chi connectivity index (χ2v) is 8.68. The fourth-order valence-electron chi connectivity index (χ4n) is 3.57. The Hall–Kier alpha value is -3.12. The van der Waals surface area contributed by atoms with Crippen molar-refractivity contribution in [2.24, 2.45) is 0 Å². The van der Waals surface area contributed by atoms with Crippen molar-refractivity contribution in [3.8, 4) is 0 Å². The average Bonchev–Trinajstić information content (AvgIpc) is 2.84. The third kappa shape index (κ3) is 7.46. The third-order valence-electron chi connectivity index (χ3n) is 5.26. The molecule has 0 aromatic heterocycles. The third-order valence-corrected chi connectivity index (χ3v) is 6.22. The number of amides is 2. The zero-order valence-corrected chi connectivity index (χ0v) is 19.6. The number of carbonyl (C=O) groups is 2. The molecular formula is C27H29FN2O2S. The van der Waals surface area contributed by atoms with E-state index in [2.05, 4.69) is 5.32 Å². The summed E-state index contributed by atoms with van der Waals surface area (Å²) in [6, 6.07) is 25.3. The van der Waals surface area contributed by atoms with Crippen LogP contribution in [0.2, 0.25) is 0 Å². The van der Waals surface area contributed by atoms with Gasteiger partial charge in [-0.15, -0.1) is 11.8 Å². The molecule has 6 heteroatoms. The number of rotatable bonds is 11. The number of hydrogen-bond donors (Lipinski definition) is 1. The lowest BCUT2D eigenvalue weighted by atomic mass is 10.0. The van der Waals surface area contributed by atoms with Crippen LogP contribution in [0.1, 0.15) is 23.6 Å². The lowest BCUT2D eigenvalue weighted by Gasteiger charge is -2.31. The van der Waals surface area contributed by atoms with E-state index in [0.29, 0.717) is 30.8 Å². The molecule has 4 nitrogen and oxygen atoms in total. The maximum Gasteiger partial charge on any atom is 0.243 e. The van der Waals surface area contributed by atoms with Gasteiger partial charge in [0.2, 0.25) is 11.8 Å². The van der Waals surface area contributed by atoms with Crippen molar-refractivity contribution in [3.63, 3.8) is 0 Å². The van der Waals surface area contributed by atoms with Crippen molar-refractivity contribution in [2.45, 2.75) is 31.7 Å². The number of likely N-dealkylation sites (N-methyl/N-ethyl adjacent to an activating group) is 1. The van der Waals surface area contributed by atoms with Crippen molar-refractivity contribution in [1.29, 1.82) is 0 Å². The lowest BCUT2D eigenvalue weighted by Crippen LogP contribution is -2.51. The van der Waals surface area contributed by atoms with E-state index in [1.807, 2.05) is 67.6 Å². The Morgan fingerprint density at radius 3 is 2.15 bits per heavy atom. The molecule has 33 heavy (non-hydrogen) atoms. The number of carbonyl (C=O) groups excluding carboxylic acids is 2. The van der Waals surface area contributed by atoms with Gasteiger partial charge in [-0.25, -0.2) is 4.39 Å². The van der Waals surface area contributed by atoms with Crippen LogP contribution in [-0.4, -0.2) is 35.1 Å². The van der Waals surface area contributed by atoms with Gasteiger partial charge in [0.05, 0.1) is 5.75 Å². The molecule has 0 aliphatic carbocycles. The summed E-state index contributed by atoms with van der Waals surface area (Å²) >= 11 is 1.35. The maximum absolute atomic E-state index is 14.0. The minimum atomic E-state index is -0.644. The van der Waals surface area contributed by atoms with E-state index in [0.717, 1.165) is 11.1 Å². The average molecular weight is 465 g/mol. The molecule has 3 aromatic rings. The van der Waals surface area contributed by atoms with Crippen molar-refractivity contribution in [1.82, 2.24) is 10.2 Å². The Balaban J connectivity index is 1.81. The van der Waals surface area contributed by atoms with Gasteiger partial charge < -0.3 is 10.2 Å². The van der Waals surface area contributed by atoms with Crippen LogP contribution < -0.4 is 5.32 Å². The van der Waals surface area contributed by atoms with E-state index in [9.17, 15) is 14.0 Å². The molecule has 0 bridgehead atoms. The number of benzene rings is 3. The van der Waals surface area contributed by atoms with Gasteiger partial charge in [-0.3, -0.25) is 9.59 Å². The second-order valence-electron chi connectivity index (χ2n) is 7.69. The predicted octanol–water partition coefficient (Wildman–Crippen LogP) is 4.84.